The van der Waals surface area contributed by atoms with Crippen LogP contribution in [0, 0.1) is 0 Å². The number of carbonyl (C=O) groups excluding carboxylic acids is 1. The number of hydrogen-bond acceptors (Lipinski definition) is 5. The van der Waals surface area contributed by atoms with Crippen LogP contribution in [0.4, 0.5) is 5.69 Å². The first-order valence-corrected chi connectivity index (χ1v) is 11.6. The molecule has 0 aliphatic carbocycles. The molecule has 0 heterocycles. The van der Waals surface area contributed by atoms with Crippen LogP contribution in [0.5, 0.6) is 0 Å². The molecule has 2 aromatic carbocycles. The lowest BCUT2D eigenvalue weighted by atomic mass is 10.2. The average Bonchev–Trinajstić information content (AvgIpc) is 2.61. The van der Waals surface area contributed by atoms with E-state index < -0.39 is 25.8 Å². The Bertz CT molecular complexity index is 1030. The third-order valence-electron chi connectivity index (χ3n) is 3.92. The normalized spacial score (nSPS) is 13.1. The number of amides is 1. The molecule has 0 aromatic heterocycles. The van der Waals surface area contributed by atoms with Crippen LogP contribution in [-0.2, 0) is 19.9 Å². The van der Waals surface area contributed by atoms with Crippen LogP contribution in [0.3, 0.4) is 0 Å². The summed E-state index contributed by atoms with van der Waals surface area (Å²) in [4.78, 5) is 12.5. The van der Waals surface area contributed by atoms with E-state index in [0.29, 0.717) is 12.1 Å². The Kier molecular flexibility index (Phi) is 6.40. The highest BCUT2D eigenvalue weighted by Crippen LogP contribution is 2.17. The van der Waals surface area contributed by atoms with Crippen LogP contribution in [0.25, 0.3) is 0 Å². The summed E-state index contributed by atoms with van der Waals surface area (Å²) in [7, 11) is -7.03. The summed E-state index contributed by atoms with van der Waals surface area (Å²) in [5.41, 5.74) is 0.584. The van der Waals surface area contributed by atoms with E-state index in [2.05, 4.69) is 10.0 Å². The fourth-order valence-corrected chi connectivity index (χ4v) is 4.20. The molecular weight excluding hydrogens is 388 g/mol. The summed E-state index contributed by atoms with van der Waals surface area (Å²) < 4.78 is 50.2. The molecule has 0 saturated heterocycles. The van der Waals surface area contributed by atoms with Gasteiger partial charge in [0, 0.05) is 23.5 Å². The van der Waals surface area contributed by atoms with E-state index >= 15 is 0 Å². The van der Waals surface area contributed by atoms with E-state index in [-0.39, 0.29) is 21.4 Å². The fraction of sp³-hybridized carbons (Fsp3) is 0.278. The lowest BCUT2D eigenvalue weighted by Gasteiger charge is -2.12. The molecule has 1 atom stereocenters. The van der Waals surface area contributed by atoms with E-state index in [4.69, 9.17) is 0 Å². The van der Waals surface area contributed by atoms with Gasteiger partial charge in [-0.2, -0.15) is 0 Å². The molecule has 0 spiro atoms. The molecule has 2 aromatic rings. The molecule has 146 valence electrons. The number of anilines is 1. The average molecular weight is 411 g/mol. The summed E-state index contributed by atoms with van der Waals surface area (Å²) in [6.07, 6.45) is 1.74. The minimum atomic E-state index is -3.64. The molecule has 0 aliphatic rings. The van der Waals surface area contributed by atoms with Crippen molar-refractivity contribution in [3.8, 4) is 0 Å². The van der Waals surface area contributed by atoms with Crippen molar-refractivity contribution in [3.63, 3.8) is 0 Å². The first kappa shape index (κ1) is 21.1. The van der Waals surface area contributed by atoms with Gasteiger partial charge in [-0.1, -0.05) is 13.0 Å². The van der Waals surface area contributed by atoms with Gasteiger partial charge in [0.1, 0.15) is 0 Å². The summed E-state index contributed by atoms with van der Waals surface area (Å²) in [6, 6.07) is 11.2. The molecule has 0 radical (unpaired) electrons. The Morgan fingerprint density at radius 2 is 1.63 bits per heavy atom. The van der Waals surface area contributed by atoms with Gasteiger partial charge in [0.05, 0.1) is 9.79 Å². The molecule has 0 saturated carbocycles. The third kappa shape index (κ3) is 5.62. The van der Waals surface area contributed by atoms with Crippen molar-refractivity contribution in [2.24, 2.45) is 0 Å². The molecule has 0 bridgehead atoms. The second-order valence-electron chi connectivity index (χ2n) is 6.21. The van der Waals surface area contributed by atoms with Gasteiger partial charge in [-0.15, -0.1) is 0 Å². The third-order valence-corrected chi connectivity index (χ3v) is 6.63. The maximum absolute atomic E-state index is 12.3. The molecular formula is C18H22N2O5S2. The molecule has 2 rings (SSSR count). The minimum Gasteiger partial charge on any atom is -0.322 e. The van der Waals surface area contributed by atoms with E-state index in [9.17, 15) is 21.6 Å². The Morgan fingerprint density at radius 3 is 2.19 bits per heavy atom. The zero-order valence-electron chi connectivity index (χ0n) is 15.3. The van der Waals surface area contributed by atoms with Crippen LogP contribution in [-0.4, -0.2) is 35.0 Å². The number of nitrogens with one attached hydrogen (secondary N) is 2. The molecule has 1 amide bonds. The molecule has 2 N–H and O–H groups in total. The molecule has 0 unspecified atom stereocenters. The molecule has 27 heavy (non-hydrogen) atoms. The Labute approximate surface area is 159 Å². The number of hydrogen-bond donors (Lipinski definition) is 2. The van der Waals surface area contributed by atoms with Crippen molar-refractivity contribution < 1.29 is 21.6 Å². The standard InChI is InChI=1S/C18H22N2O5S2/c1-4-13(2)20-27(24,25)16-10-8-14(9-11-16)18(21)19-15-6-5-7-17(12-15)26(3,22)23/h5-13,20H,4H2,1-3H3,(H,19,21)/t13-/m0/s1. The van der Waals surface area contributed by atoms with E-state index in [0.717, 1.165) is 6.26 Å². The van der Waals surface area contributed by atoms with E-state index in [1.54, 1.807) is 13.0 Å². The second kappa shape index (κ2) is 8.20. The fourth-order valence-electron chi connectivity index (χ4n) is 2.21. The SMILES string of the molecule is CC[C@H](C)NS(=O)(=O)c1ccc(C(=O)Nc2cccc(S(C)(=O)=O)c2)cc1. The second-order valence-corrected chi connectivity index (χ2v) is 9.94. The van der Waals surface area contributed by atoms with Crippen LogP contribution in [0.15, 0.2) is 58.3 Å². The summed E-state index contributed by atoms with van der Waals surface area (Å²) >= 11 is 0. The Balaban J connectivity index is 2.17. The van der Waals surface area contributed by atoms with Crippen LogP contribution in [0.1, 0.15) is 30.6 Å². The lowest BCUT2D eigenvalue weighted by molar-refractivity contribution is 0.102. The highest BCUT2D eigenvalue weighted by molar-refractivity contribution is 7.90. The largest absolute Gasteiger partial charge is 0.322 e. The van der Waals surface area contributed by atoms with Crippen molar-refractivity contribution in [1.82, 2.24) is 4.72 Å². The van der Waals surface area contributed by atoms with Gasteiger partial charge in [0.25, 0.3) is 5.91 Å². The number of sulfone groups is 1. The predicted octanol–water partition coefficient (Wildman–Crippen LogP) is 2.42. The number of carbonyl (C=O) groups is 1. The smallest absolute Gasteiger partial charge is 0.255 e. The maximum Gasteiger partial charge on any atom is 0.255 e. The van der Waals surface area contributed by atoms with Crippen molar-refractivity contribution in [2.45, 2.75) is 36.1 Å². The van der Waals surface area contributed by atoms with E-state index in [1.165, 1.54) is 42.5 Å². The highest BCUT2D eigenvalue weighted by Gasteiger charge is 2.17. The Hall–Kier alpha value is -2.23. The summed E-state index contributed by atoms with van der Waals surface area (Å²) in [5, 5.41) is 2.60. The van der Waals surface area contributed by atoms with Crippen LogP contribution < -0.4 is 10.0 Å². The van der Waals surface area contributed by atoms with Crippen LogP contribution in [0.2, 0.25) is 0 Å². The lowest BCUT2D eigenvalue weighted by Crippen LogP contribution is -2.32. The van der Waals surface area contributed by atoms with Crippen molar-refractivity contribution in [1.29, 1.82) is 0 Å². The van der Waals surface area contributed by atoms with Gasteiger partial charge in [0.15, 0.2) is 9.84 Å². The predicted molar refractivity (Wildman–Crippen MR) is 104 cm³/mol. The Morgan fingerprint density at radius 1 is 1.00 bits per heavy atom. The van der Waals surface area contributed by atoms with Crippen molar-refractivity contribution in [2.75, 3.05) is 11.6 Å². The van der Waals surface area contributed by atoms with Gasteiger partial charge >= 0.3 is 0 Å². The maximum atomic E-state index is 12.3. The minimum absolute atomic E-state index is 0.0680. The highest BCUT2D eigenvalue weighted by atomic mass is 32.2. The number of rotatable bonds is 7. The zero-order valence-corrected chi connectivity index (χ0v) is 16.9. The summed E-state index contributed by atoms with van der Waals surface area (Å²) in [6.45, 7) is 3.64. The van der Waals surface area contributed by atoms with E-state index in [1.807, 2.05) is 6.92 Å². The first-order chi connectivity index (χ1) is 12.5. The topological polar surface area (TPSA) is 109 Å². The number of benzene rings is 2. The molecule has 7 nitrogen and oxygen atoms in total. The monoisotopic (exact) mass is 410 g/mol. The van der Waals surface area contributed by atoms with Crippen LogP contribution >= 0.6 is 0 Å². The molecule has 0 fully saturated rings. The zero-order chi connectivity index (χ0) is 20.2. The van der Waals surface area contributed by atoms with Gasteiger partial charge < -0.3 is 5.32 Å². The first-order valence-electron chi connectivity index (χ1n) is 8.27. The summed E-state index contributed by atoms with van der Waals surface area (Å²) in [5.74, 6) is -0.473. The number of sulfonamides is 1. The van der Waals surface area contributed by atoms with Gasteiger partial charge in [-0.3, -0.25) is 4.79 Å². The van der Waals surface area contributed by atoms with Crippen molar-refractivity contribution in [3.05, 3.63) is 54.1 Å². The quantitative estimate of drug-likeness (QED) is 0.728. The van der Waals surface area contributed by atoms with Crippen molar-refractivity contribution >= 4 is 31.5 Å². The van der Waals surface area contributed by atoms with Gasteiger partial charge in [-0.25, -0.2) is 21.6 Å². The van der Waals surface area contributed by atoms with Gasteiger partial charge in [-0.05, 0) is 55.8 Å². The molecule has 9 heteroatoms. The van der Waals surface area contributed by atoms with Gasteiger partial charge in [0.2, 0.25) is 10.0 Å². The molecule has 0 aliphatic heterocycles.